The van der Waals surface area contributed by atoms with E-state index in [9.17, 15) is 4.79 Å². The molecule has 3 N–H and O–H groups in total. The van der Waals surface area contributed by atoms with E-state index in [1.165, 1.54) is 19.3 Å². The number of rotatable bonds is 4. The number of hydrogen-bond acceptors (Lipinski definition) is 6. The van der Waals surface area contributed by atoms with Gasteiger partial charge in [-0.1, -0.05) is 6.42 Å². The summed E-state index contributed by atoms with van der Waals surface area (Å²) in [5.74, 6) is 1.43. The molecule has 152 valence electrons. The second-order valence-corrected chi connectivity index (χ2v) is 7.92. The first-order valence-electron chi connectivity index (χ1n) is 10.1. The van der Waals surface area contributed by atoms with Crippen LogP contribution in [0.4, 0.5) is 0 Å². The van der Waals surface area contributed by atoms with Crippen LogP contribution in [0.1, 0.15) is 35.3 Å². The summed E-state index contributed by atoms with van der Waals surface area (Å²) in [6, 6.07) is 5.33. The summed E-state index contributed by atoms with van der Waals surface area (Å²) in [5.41, 5.74) is 2.37. The molecule has 1 amide bonds. The normalized spacial score (nSPS) is 20.3. The van der Waals surface area contributed by atoms with Crippen molar-refractivity contribution in [3.8, 4) is 5.69 Å². The van der Waals surface area contributed by atoms with Gasteiger partial charge < -0.3 is 10.2 Å². The number of hydrogen-bond donors (Lipinski definition) is 3. The molecule has 1 saturated carbocycles. The van der Waals surface area contributed by atoms with Crippen molar-refractivity contribution in [3.05, 3.63) is 48.0 Å². The predicted octanol–water partition coefficient (Wildman–Crippen LogP) is 2.21. The maximum Gasteiger partial charge on any atom is 0.255 e. The number of carbonyl (C=O) groups excluding carboxylic acids is 1. The summed E-state index contributed by atoms with van der Waals surface area (Å²) in [7, 11) is 0. The molecular weight excluding hydrogens is 380 g/mol. The molecule has 0 spiro atoms. The average molecular weight is 402 g/mol. The van der Waals surface area contributed by atoms with E-state index in [0.717, 1.165) is 24.8 Å². The van der Waals surface area contributed by atoms with Crippen molar-refractivity contribution in [2.75, 3.05) is 13.1 Å². The summed E-state index contributed by atoms with van der Waals surface area (Å²) < 4.78 is 1.66. The number of likely N-dealkylation sites (tertiary alicyclic amines) is 1. The van der Waals surface area contributed by atoms with Crippen LogP contribution in [0.5, 0.6) is 0 Å². The summed E-state index contributed by atoms with van der Waals surface area (Å²) in [6.45, 7) is 1.72. The van der Waals surface area contributed by atoms with Crippen molar-refractivity contribution in [3.63, 3.8) is 0 Å². The van der Waals surface area contributed by atoms with Crippen molar-refractivity contribution < 1.29 is 4.79 Å². The van der Waals surface area contributed by atoms with E-state index in [-0.39, 0.29) is 11.7 Å². The predicted molar refractivity (Wildman–Crippen MR) is 112 cm³/mol. The zero-order valence-electron chi connectivity index (χ0n) is 16.4. The molecule has 2 unspecified atom stereocenters. The maximum atomic E-state index is 13.0. The van der Waals surface area contributed by atoms with Crippen molar-refractivity contribution >= 4 is 29.1 Å². The molecule has 1 saturated heterocycles. The number of amides is 1. The topological polar surface area (TPSA) is 124 Å². The fourth-order valence-corrected chi connectivity index (χ4v) is 4.62. The Bertz CT molecular complexity index is 1120. The molecule has 5 rings (SSSR count). The highest BCUT2D eigenvalue weighted by Gasteiger charge is 2.38. The van der Waals surface area contributed by atoms with Crippen molar-refractivity contribution in [2.45, 2.75) is 19.3 Å². The van der Waals surface area contributed by atoms with E-state index in [0.29, 0.717) is 34.4 Å². The fourth-order valence-electron chi connectivity index (χ4n) is 4.62. The van der Waals surface area contributed by atoms with Crippen LogP contribution in [-0.4, -0.2) is 55.8 Å². The van der Waals surface area contributed by atoms with Gasteiger partial charge in [0.25, 0.3) is 5.91 Å². The summed E-state index contributed by atoms with van der Waals surface area (Å²) >= 11 is 0. The van der Waals surface area contributed by atoms with Gasteiger partial charge in [-0.15, -0.1) is 0 Å². The Balaban J connectivity index is 1.38. The molecule has 3 aromatic rings. The first kappa shape index (κ1) is 18.4. The third-order valence-corrected chi connectivity index (χ3v) is 6.13. The van der Waals surface area contributed by atoms with Gasteiger partial charge in [-0.05, 0) is 42.9 Å². The quantitative estimate of drug-likeness (QED) is 0.456. The molecule has 1 aliphatic heterocycles. The van der Waals surface area contributed by atoms with Gasteiger partial charge in [0.1, 0.15) is 11.5 Å². The Hall–Kier alpha value is -3.62. The van der Waals surface area contributed by atoms with Crippen molar-refractivity contribution in [2.24, 2.45) is 11.8 Å². The molecule has 4 heterocycles. The Morgan fingerprint density at radius 3 is 2.63 bits per heavy atom. The lowest BCUT2D eigenvalue weighted by atomic mass is 10.0. The molecular formula is C21H22N8O. The summed E-state index contributed by atoms with van der Waals surface area (Å²) in [6.07, 6.45) is 9.64. The number of pyridine rings is 2. The van der Waals surface area contributed by atoms with Crippen LogP contribution in [0.3, 0.4) is 0 Å². The van der Waals surface area contributed by atoms with Crippen LogP contribution in [0.15, 0.2) is 36.8 Å². The SMILES string of the molecule is N=CNC(=N)c1ccc(-n2ncc3cc(C(=O)N4CC5CCCC5C4)cnc32)cn1. The summed E-state index contributed by atoms with van der Waals surface area (Å²) in [5, 5.41) is 22.5. The number of aromatic nitrogens is 4. The molecule has 0 radical (unpaired) electrons. The highest BCUT2D eigenvalue weighted by molar-refractivity contribution is 6.00. The minimum atomic E-state index is 0.0502. The minimum Gasteiger partial charge on any atom is -0.338 e. The molecule has 2 atom stereocenters. The molecule has 9 heteroatoms. The zero-order valence-corrected chi connectivity index (χ0v) is 16.4. The smallest absolute Gasteiger partial charge is 0.255 e. The van der Waals surface area contributed by atoms with Gasteiger partial charge >= 0.3 is 0 Å². The molecule has 9 nitrogen and oxygen atoms in total. The van der Waals surface area contributed by atoms with E-state index in [1.807, 2.05) is 11.0 Å². The van der Waals surface area contributed by atoms with Gasteiger partial charge in [0.15, 0.2) is 5.65 Å². The van der Waals surface area contributed by atoms with Crippen LogP contribution < -0.4 is 5.32 Å². The summed E-state index contributed by atoms with van der Waals surface area (Å²) in [4.78, 5) is 23.7. The van der Waals surface area contributed by atoms with Gasteiger partial charge in [0.05, 0.1) is 30.0 Å². The number of carbonyl (C=O) groups is 1. The number of amidine groups is 1. The first-order valence-corrected chi connectivity index (χ1v) is 10.1. The lowest BCUT2D eigenvalue weighted by molar-refractivity contribution is 0.0780. The van der Waals surface area contributed by atoms with Gasteiger partial charge in [0, 0.05) is 24.7 Å². The highest BCUT2D eigenvalue weighted by atomic mass is 16.2. The molecule has 2 fully saturated rings. The molecule has 2 aliphatic rings. The zero-order chi connectivity index (χ0) is 20.7. The van der Waals surface area contributed by atoms with Crippen LogP contribution in [0.25, 0.3) is 16.7 Å². The molecule has 3 aromatic heterocycles. The molecule has 0 aromatic carbocycles. The van der Waals surface area contributed by atoms with Gasteiger partial charge in [0.2, 0.25) is 0 Å². The van der Waals surface area contributed by atoms with Crippen LogP contribution in [-0.2, 0) is 0 Å². The second kappa shape index (κ2) is 7.33. The fraction of sp³-hybridized carbons (Fsp3) is 0.333. The third-order valence-electron chi connectivity index (χ3n) is 6.13. The van der Waals surface area contributed by atoms with E-state index in [4.69, 9.17) is 10.8 Å². The lowest BCUT2D eigenvalue weighted by Crippen LogP contribution is -2.29. The third kappa shape index (κ3) is 3.12. The molecule has 30 heavy (non-hydrogen) atoms. The number of nitrogens with one attached hydrogen (secondary N) is 3. The number of nitrogens with zero attached hydrogens (tertiary/aromatic N) is 5. The highest BCUT2D eigenvalue weighted by Crippen LogP contribution is 2.38. The Morgan fingerprint density at radius 2 is 1.93 bits per heavy atom. The van der Waals surface area contributed by atoms with E-state index >= 15 is 0 Å². The largest absolute Gasteiger partial charge is 0.338 e. The van der Waals surface area contributed by atoms with E-state index in [2.05, 4.69) is 20.4 Å². The van der Waals surface area contributed by atoms with Crippen LogP contribution >= 0.6 is 0 Å². The van der Waals surface area contributed by atoms with Crippen LogP contribution in [0, 0.1) is 22.7 Å². The van der Waals surface area contributed by atoms with Gasteiger partial charge in [-0.3, -0.25) is 20.6 Å². The Kier molecular flexibility index (Phi) is 4.50. The van der Waals surface area contributed by atoms with Gasteiger partial charge in [-0.25, -0.2) is 9.67 Å². The monoisotopic (exact) mass is 402 g/mol. The standard InChI is InChI=1S/C21H22N8O/c22-12-26-19(23)18-5-4-17(9-24-18)29-20-15(8-27-29)6-16(7-25-20)21(30)28-10-13-2-1-3-14(13)11-28/h4-9,12-14H,1-3,10-11H2,(H3,22,23,26). The molecule has 0 bridgehead atoms. The van der Waals surface area contributed by atoms with Crippen LogP contribution in [0.2, 0.25) is 0 Å². The first-order chi connectivity index (χ1) is 14.6. The van der Waals surface area contributed by atoms with Crippen molar-refractivity contribution in [1.29, 1.82) is 10.8 Å². The van der Waals surface area contributed by atoms with E-state index < -0.39 is 0 Å². The Labute approximate surface area is 173 Å². The van der Waals surface area contributed by atoms with Gasteiger partial charge in [-0.2, -0.15) is 5.10 Å². The number of fused-ring (bicyclic) bond motifs is 2. The second-order valence-electron chi connectivity index (χ2n) is 7.92. The average Bonchev–Trinajstić information content (AvgIpc) is 3.47. The maximum absolute atomic E-state index is 13.0. The minimum absolute atomic E-state index is 0.0502. The molecule has 1 aliphatic carbocycles. The van der Waals surface area contributed by atoms with E-state index in [1.54, 1.807) is 35.4 Å². The lowest BCUT2D eigenvalue weighted by Gasteiger charge is -2.17. The Morgan fingerprint density at radius 1 is 1.13 bits per heavy atom. The van der Waals surface area contributed by atoms with Crippen molar-refractivity contribution in [1.82, 2.24) is 30.0 Å².